The number of carbonyl (C=O) groups is 3. The van der Waals surface area contributed by atoms with E-state index in [1.54, 1.807) is 59.5 Å². The lowest BCUT2D eigenvalue weighted by molar-refractivity contribution is -0.133. The van der Waals surface area contributed by atoms with E-state index < -0.39 is 17.0 Å². The molecule has 1 atom stereocenters. The van der Waals surface area contributed by atoms with Crippen molar-refractivity contribution in [1.29, 1.82) is 0 Å². The van der Waals surface area contributed by atoms with Gasteiger partial charge in [0.1, 0.15) is 18.1 Å². The zero-order chi connectivity index (χ0) is 28.0. The van der Waals surface area contributed by atoms with Crippen molar-refractivity contribution >= 4 is 52.5 Å². The van der Waals surface area contributed by atoms with Crippen LogP contribution in [0.15, 0.2) is 66.7 Å². The van der Waals surface area contributed by atoms with Gasteiger partial charge in [-0.15, -0.1) is 0 Å². The highest BCUT2D eigenvalue weighted by Crippen LogP contribution is 2.35. The molecule has 1 saturated heterocycles. The molecule has 1 aliphatic heterocycles. The van der Waals surface area contributed by atoms with Gasteiger partial charge < -0.3 is 30.1 Å². The molecule has 4 rings (SSSR count). The third-order valence-electron chi connectivity index (χ3n) is 6.28. The standard InChI is InChI=1S/C28H27Cl2N3O6/c1-38-24-15-18(7-12-23(24)32-27(37)31-22-6-3-2-5-21(22)29)16-25(34)33-14-4-13-28(33,30)17-39-20-10-8-19(9-11-20)26(35)36/h2-3,5-12,15H,4,13-14,16-17H2,1H3,(H,35,36)(H2,31,32,37)/t28-/m1/s1. The van der Waals surface area contributed by atoms with Gasteiger partial charge in [-0.05, 0) is 66.9 Å². The Morgan fingerprint density at radius 3 is 2.44 bits per heavy atom. The van der Waals surface area contributed by atoms with Gasteiger partial charge in [-0.2, -0.15) is 0 Å². The first kappa shape index (κ1) is 28.1. The number of likely N-dealkylation sites (tertiary alicyclic amines) is 1. The van der Waals surface area contributed by atoms with Crippen LogP contribution in [0, 0.1) is 0 Å². The second-order valence-corrected chi connectivity index (χ2v) is 10.1. The Bertz CT molecular complexity index is 1370. The number of para-hydroxylation sites is 1. The molecule has 1 fully saturated rings. The quantitative estimate of drug-likeness (QED) is 0.218. The minimum atomic E-state index is -1.02. The number of carboxylic acids is 1. The summed E-state index contributed by atoms with van der Waals surface area (Å²) in [6.07, 6.45) is 1.35. The number of benzene rings is 3. The highest BCUT2D eigenvalue weighted by molar-refractivity contribution is 6.33. The second-order valence-electron chi connectivity index (χ2n) is 8.96. The van der Waals surface area contributed by atoms with Crippen LogP contribution < -0.4 is 20.1 Å². The van der Waals surface area contributed by atoms with E-state index in [9.17, 15) is 14.4 Å². The van der Waals surface area contributed by atoms with Crippen molar-refractivity contribution in [3.8, 4) is 11.5 Å². The topological polar surface area (TPSA) is 117 Å². The molecule has 9 nitrogen and oxygen atoms in total. The number of halogens is 2. The van der Waals surface area contributed by atoms with E-state index in [1.165, 1.54) is 19.2 Å². The summed E-state index contributed by atoms with van der Waals surface area (Å²) < 4.78 is 11.2. The summed E-state index contributed by atoms with van der Waals surface area (Å²) in [6, 6.07) is 17.5. The Morgan fingerprint density at radius 1 is 1.03 bits per heavy atom. The van der Waals surface area contributed by atoms with E-state index in [-0.39, 0.29) is 24.5 Å². The lowest BCUT2D eigenvalue weighted by Gasteiger charge is -2.33. The fourth-order valence-corrected chi connectivity index (χ4v) is 4.84. The van der Waals surface area contributed by atoms with Crippen LogP contribution in [0.4, 0.5) is 16.2 Å². The summed E-state index contributed by atoms with van der Waals surface area (Å²) in [5.41, 5.74) is 1.73. The fourth-order valence-electron chi connectivity index (χ4n) is 4.29. The van der Waals surface area contributed by atoms with Crippen molar-refractivity contribution < 1.29 is 29.0 Å². The monoisotopic (exact) mass is 571 g/mol. The number of aromatic carboxylic acids is 1. The molecule has 0 radical (unpaired) electrons. The fraction of sp³-hybridized carbons (Fsp3) is 0.250. The molecule has 0 aromatic heterocycles. The number of hydrogen-bond acceptors (Lipinski definition) is 5. The SMILES string of the molecule is COc1cc(CC(=O)N2CCC[C@]2(Cl)COc2ccc(C(=O)O)cc2)ccc1NC(=O)Nc1ccccc1Cl. The van der Waals surface area contributed by atoms with Crippen LogP contribution in [0.5, 0.6) is 11.5 Å². The zero-order valence-corrected chi connectivity index (χ0v) is 22.6. The van der Waals surface area contributed by atoms with Gasteiger partial charge >= 0.3 is 12.0 Å². The lowest BCUT2D eigenvalue weighted by atomic mass is 10.1. The van der Waals surface area contributed by atoms with E-state index in [1.807, 2.05) is 0 Å². The third-order valence-corrected chi connectivity index (χ3v) is 7.11. The van der Waals surface area contributed by atoms with Gasteiger partial charge in [0.25, 0.3) is 0 Å². The van der Waals surface area contributed by atoms with Crippen LogP contribution in [-0.2, 0) is 11.2 Å². The molecule has 11 heteroatoms. The molecule has 0 spiro atoms. The molecular formula is C28H27Cl2N3O6. The summed E-state index contributed by atoms with van der Waals surface area (Å²) in [7, 11) is 1.47. The molecular weight excluding hydrogens is 545 g/mol. The van der Waals surface area contributed by atoms with E-state index in [4.69, 9.17) is 37.8 Å². The van der Waals surface area contributed by atoms with Gasteiger partial charge in [-0.25, -0.2) is 9.59 Å². The average molecular weight is 572 g/mol. The molecule has 204 valence electrons. The van der Waals surface area contributed by atoms with Gasteiger partial charge in [0, 0.05) is 6.54 Å². The Hall–Kier alpha value is -3.95. The Balaban J connectivity index is 1.38. The molecule has 3 amide bonds. The molecule has 0 bridgehead atoms. The Kier molecular flexibility index (Phi) is 8.83. The van der Waals surface area contributed by atoms with E-state index in [2.05, 4.69) is 10.6 Å². The van der Waals surface area contributed by atoms with Gasteiger partial charge in [-0.1, -0.05) is 41.4 Å². The molecule has 0 aliphatic carbocycles. The molecule has 0 unspecified atom stereocenters. The first-order valence-corrected chi connectivity index (χ1v) is 12.9. The smallest absolute Gasteiger partial charge is 0.335 e. The molecule has 39 heavy (non-hydrogen) atoms. The van der Waals surface area contributed by atoms with E-state index in [0.29, 0.717) is 46.4 Å². The molecule has 3 aromatic carbocycles. The Labute approximate surface area is 235 Å². The van der Waals surface area contributed by atoms with E-state index in [0.717, 1.165) is 6.42 Å². The minimum absolute atomic E-state index is 0.0550. The van der Waals surface area contributed by atoms with Crippen molar-refractivity contribution in [1.82, 2.24) is 4.90 Å². The molecule has 3 N–H and O–H groups in total. The van der Waals surface area contributed by atoms with E-state index >= 15 is 0 Å². The lowest BCUT2D eigenvalue weighted by Crippen LogP contribution is -2.47. The predicted molar refractivity (Wildman–Crippen MR) is 149 cm³/mol. The van der Waals surface area contributed by atoms with Gasteiger partial charge in [0.15, 0.2) is 5.00 Å². The van der Waals surface area contributed by atoms with Crippen LogP contribution in [0.3, 0.4) is 0 Å². The van der Waals surface area contributed by atoms with Crippen molar-refractivity contribution in [3.63, 3.8) is 0 Å². The maximum absolute atomic E-state index is 13.2. The number of hydrogen-bond donors (Lipinski definition) is 3. The van der Waals surface area contributed by atoms with Crippen molar-refractivity contribution in [2.45, 2.75) is 24.3 Å². The first-order chi connectivity index (χ1) is 18.7. The number of carboxylic acid groups (broad SMARTS) is 1. The molecule has 3 aromatic rings. The second kappa shape index (κ2) is 12.3. The van der Waals surface area contributed by atoms with Gasteiger partial charge in [0.05, 0.1) is 35.5 Å². The zero-order valence-electron chi connectivity index (χ0n) is 21.1. The van der Waals surface area contributed by atoms with Crippen LogP contribution in [0.1, 0.15) is 28.8 Å². The van der Waals surface area contributed by atoms with Gasteiger partial charge in [-0.3, -0.25) is 4.79 Å². The van der Waals surface area contributed by atoms with Crippen LogP contribution in [0.2, 0.25) is 5.02 Å². The summed E-state index contributed by atoms with van der Waals surface area (Å²) >= 11 is 12.9. The third kappa shape index (κ3) is 6.93. The average Bonchev–Trinajstić information content (AvgIpc) is 3.31. The highest BCUT2D eigenvalue weighted by atomic mass is 35.5. The number of ether oxygens (including phenoxy) is 2. The summed E-state index contributed by atoms with van der Waals surface area (Å²) in [6.45, 7) is 0.544. The van der Waals surface area contributed by atoms with Crippen molar-refractivity contribution in [2.24, 2.45) is 0 Å². The molecule has 1 heterocycles. The Morgan fingerprint density at radius 2 is 1.74 bits per heavy atom. The number of rotatable bonds is 9. The summed E-state index contributed by atoms with van der Waals surface area (Å²) in [5.74, 6) is -0.345. The molecule has 0 saturated carbocycles. The van der Waals surface area contributed by atoms with Gasteiger partial charge in [0.2, 0.25) is 5.91 Å². The number of alkyl halides is 1. The number of carbonyl (C=O) groups excluding carboxylic acids is 2. The minimum Gasteiger partial charge on any atom is -0.495 e. The number of nitrogens with zero attached hydrogens (tertiary/aromatic N) is 1. The predicted octanol–water partition coefficient (Wildman–Crippen LogP) is 5.87. The largest absolute Gasteiger partial charge is 0.495 e. The number of anilines is 2. The van der Waals surface area contributed by atoms with Crippen LogP contribution in [-0.4, -0.2) is 53.2 Å². The highest BCUT2D eigenvalue weighted by Gasteiger charge is 2.42. The normalized spacial score (nSPS) is 16.4. The maximum atomic E-state index is 13.2. The summed E-state index contributed by atoms with van der Waals surface area (Å²) in [5, 5.41) is 14.9. The number of methoxy groups -OCH3 is 1. The number of nitrogens with one attached hydrogen (secondary N) is 2. The van der Waals surface area contributed by atoms with Crippen molar-refractivity contribution in [3.05, 3.63) is 82.9 Å². The summed E-state index contributed by atoms with van der Waals surface area (Å²) in [4.78, 5) is 37.3. The van der Waals surface area contributed by atoms with Crippen LogP contribution >= 0.6 is 23.2 Å². The number of urea groups is 1. The van der Waals surface area contributed by atoms with Crippen molar-refractivity contribution in [2.75, 3.05) is 30.9 Å². The van der Waals surface area contributed by atoms with Crippen LogP contribution in [0.25, 0.3) is 0 Å². The number of amides is 3. The molecule has 1 aliphatic rings. The first-order valence-electron chi connectivity index (χ1n) is 12.1. The maximum Gasteiger partial charge on any atom is 0.335 e.